The van der Waals surface area contributed by atoms with Gasteiger partial charge in [0.15, 0.2) is 23.1 Å². The van der Waals surface area contributed by atoms with Crippen LogP contribution < -0.4 is 0 Å². The number of aromatic nitrogens is 4. The normalized spacial score (nSPS) is 14.8. The zero-order valence-electron chi connectivity index (χ0n) is 26.5. The molecule has 8 rings (SSSR count). The number of fused-ring (bicyclic) bond motifs is 2. The zero-order chi connectivity index (χ0) is 31.5. The highest BCUT2D eigenvalue weighted by Gasteiger charge is 2.41. The molecule has 2 aromatic heterocycles. The molecule has 5 aromatic carbocycles. The van der Waals surface area contributed by atoms with Gasteiger partial charge in [-0.25, -0.2) is 19.9 Å². The van der Waals surface area contributed by atoms with E-state index in [0.717, 1.165) is 45.3 Å². The monoisotopic (exact) mass is 598 g/mol. The van der Waals surface area contributed by atoms with Gasteiger partial charge in [-0.2, -0.15) is 0 Å². The Hall–Kier alpha value is -5.42. The number of benzene rings is 5. The summed E-state index contributed by atoms with van der Waals surface area (Å²) in [5.41, 5.74) is 10.7. The van der Waals surface area contributed by atoms with Crippen molar-refractivity contribution in [1.29, 1.82) is 0 Å². The van der Waals surface area contributed by atoms with Gasteiger partial charge in [-0.05, 0) is 63.8 Å². The third-order valence-electron chi connectivity index (χ3n) is 9.19. The maximum Gasteiger partial charge on any atom is 0.227 e. The van der Waals surface area contributed by atoms with Crippen LogP contribution in [0.2, 0.25) is 0 Å². The molecule has 224 valence electrons. The predicted octanol–water partition coefficient (Wildman–Crippen LogP) is 10.3. The molecular weight excluding hydrogens is 564 g/mol. The van der Waals surface area contributed by atoms with Gasteiger partial charge < -0.3 is 4.42 Å². The van der Waals surface area contributed by atoms with Gasteiger partial charge in [0.1, 0.15) is 5.52 Å². The fourth-order valence-electron chi connectivity index (χ4n) is 7.19. The minimum Gasteiger partial charge on any atom is -0.436 e. The van der Waals surface area contributed by atoms with Crippen molar-refractivity contribution in [1.82, 2.24) is 19.9 Å². The molecule has 0 saturated carbocycles. The number of para-hydroxylation sites is 2. The molecule has 0 aliphatic heterocycles. The van der Waals surface area contributed by atoms with Gasteiger partial charge in [-0.15, -0.1) is 0 Å². The van der Waals surface area contributed by atoms with E-state index in [1.165, 1.54) is 16.7 Å². The molecular formula is C41H34N4O. The molecule has 0 unspecified atom stereocenters. The smallest absolute Gasteiger partial charge is 0.227 e. The Morgan fingerprint density at radius 1 is 0.478 bits per heavy atom. The Bertz CT molecular complexity index is 2200. The molecule has 7 aromatic rings. The van der Waals surface area contributed by atoms with Gasteiger partial charge in [-0.3, -0.25) is 0 Å². The highest BCUT2D eigenvalue weighted by Crippen LogP contribution is 2.50. The molecule has 0 amide bonds. The molecule has 5 nitrogen and oxygen atoms in total. The molecule has 0 radical (unpaired) electrons. The summed E-state index contributed by atoms with van der Waals surface area (Å²) >= 11 is 0. The predicted molar refractivity (Wildman–Crippen MR) is 185 cm³/mol. The summed E-state index contributed by atoms with van der Waals surface area (Å²) in [4.78, 5) is 19.8. The highest BCUT2D eigenvalue weighted by molar-refractivity contribution is 5.83. The Labute approximate surface area is 269 Å². The van der Waals surface area contributed by atoms with Crippen molar-refractivity contribution in [3.8, 4) is 56.7 Å². The first kappa shape index (κ1) is 28.1. The molecule has 1 aliphatic rings. The summed E-state index contributed by atoms with van der Waals surface area (Å²) in [5, 5.41) is 0. The van der Waals surface area contributed by atoms with Crippen molar-refractivity contribution in [3.63, 3.8) is 0 Å². The van der Waals surface area contributed by atoms with Crippen LogP contribution >= 0.6 is 0 Å². The summed E-state index contributed by atoms with van der Waals surface area (Å²) in [6.07, 6.45) is 1.13. The first-order valence-electron chi connectivity index (χ1n) is 15.8. The van der Waals surface area contributed by atoms with E-state index in [-0.39, 0.29) is 10.8 Å². The Kier molecular flexibility index (Phi) is 6.47. The van der Waals surface area contributed by atoms with Gasteiger partial charge in [0.05, 0.1) is 0 Å². The van der Waals surface area contributed by atoms with Crippen LogP contribution in [0.15, 0.2) is 126 Å². The maximum absolute atomic E-state index is 6.01. The van der Waals surface area contributed by atoms with Gasteiger partial charge >= 0.3 is 0 Å². The maximum atomic E-state index is 6.01. The molecule has 46 heavy (non-hydrogen) atoms. The third-order valence-corrected chi connectivity index (χ3v) is 9.19. The molecule has 0 saturated heterocycles. The number of rotatable bonds is 5. The summed E-state index contributed by atoms with van der Waals surface area (Å²) < 4.78 is 6.01. The van der Waals surface area contributed by atoms with E-state index in [9.17, 15) is 0 Å². The third kappa shape index (κ3) is 4.89. The molecule has 0 N–H and O–H groups in total. The number of nitrogens with zero attached hydrogens (tertiary/aromatic N) is 4. The fraction of sp³-hybridized carbons (Fsp3) is 0.171. The summed E-state index contributed by atoms with van der Waals surface area (Å²) in [7, 11) is 0. The minimum absolute atomic E-state index is 0.106. The highest BCUT2D eigenvalue weighted by atomic mass is 16.3. The fourth-order valence-corrected chi connectivity index (χ4v) is 7.19. The SMILES string of the molecule is CC1(C)CC(C)(C)c2cc(-c3ccccc3-c3nc(-c4ccccc4)nc(-c4ccc(-c5nc6ccccc6o5)cc4)n3)ccc21. The summed E-state index contributed by atoms with van der Waals surface area (Å²) in [5.74, 6) is 2.47. The van der Waals surface area contributed by atoms with E-state index >= 15 is 0 Å². The van der Waals surface area contributed by atoms with Gasteiger partial charge in [0, 0.05) is 22.3 Å². The lowest BCUT2D eigenvalue weighted by atomic mass is 9.82. The van der Waals surface area contributed by atoms with Crippen molar-refractivity contribution in [2.24, 2.45) is 0 Å². The lowest BCUT2D eigenvalue weighted by Crippen LogP contribution is -2.17. The van der Waals surface area contributed by atoms with Crippen LogP contribution in [0.3, 0.4) is 0 Å². The van der Waals surface area contributed by atoms with Crippen LogP contribution in [0.25, 0.3) is 67.8 Å². The van der Waals surface area contributed by atoms with Crippen molar-refractivity contribution in [3.05, 3.63) is 132 Å². The van der Waals surface area contributed by atoms with E-state index in [1.54, 1.807) is 0 Å². The second-order valence-electron chi connectivity index (χ2n) is 13.5. The Morgan fingerprint density at radius 2 is 1.04 bits per heavy atom. The van der Waals surface area contributed by atoms with Gasteiger partial charge in [0.25, 0.3) is 0 Å². The van der Waals surface area contributed by atoms with E-state index in [2.05, 4.69) is 75.1 Å². The van der Waals surface area contributed by atoms with Crippen LogP contribution in [0.5, 0.6) is 0 Å². The van der Waals surface area contributed by atoms with Crippen molar-refractivity contribution in [2.45, 2.75) is 44.9 Å². The quantitative estimate of drug-likeness (QED) is 0.197. The Balaban J connectivity index is 1.24. The van der Waals surface area contributed by atoms with Crippen LogP contribution in [0.1, 0.15) is 45.2 Å². The van der Waals surface area contributed by atoms with Crippen molar-refractivity contribution < 1.29 is 4.42 Å². The largest absolute Gasteiger partial charge is 0.436 e. The summed E-state index contributed by atoms with van der Waals surface area (Å²) in [6, 6.07) is 41.3. The summed E-state index contributed by atoms with van der Waals surface area (Å²) in [6.45, 7) is 9.42. The van der Waals surface area contributed by atoms with Crippen LogP contribution in [0.4, 0.5) is 0 Å². The molecule has 1 aliphatic carbocycles. The van der Waals surface area contributed by atoms with Crippen LogP contribution in [-0.2, 0) is 10.8 Å². The first-order chi connectivity index (χ1) is 22.2. The Morgan fingerprint density at radius 3 is 1.78 bits per heavy atom. The lowest BCUT2D eigenvalue weighted by molar-refractivity contribution is 0.403. The standard InChI is InChI=1S/C41H34N4O/c1-40(2)25-41(3,4)33-24-29(22-23-32(33)40)30-14-8-9-15-31(30)38-44-36(26-12-6-5-7-13-26)43-37(45-38)27-18-20-28(21-19-27)39-42-34-16-10-11-17-35(34)46-39/h5-24H,25H2,1-4H3. The van der Waals surface area contributed by atoms with E-state index in [1.807, 2.05) is 78.9 Å². The van der Waals surface area contributed by atoms with Crippen LogP contribution in [0, 0.1) is 0 Å². The average Bonchev–Trinajstić information content (AvgIpc) is 3.60. The van der Waals surface area contributed by atoms with E-state index in [0.29, 0.717) is 23.4 Å². The number of hydrogen-bond acceptors (Lipinski definition) is 5. The second kappa shape index (κ2) is 10.6. The van der Waals surface area contributed by atoms with Gasteiger partial charge in [-0.1, -0.05) is 125 Å². The van der Waals surface area contributed by atoms with Crippen molar-refractivity contribution in [2.75, 3.05) is 0 Å². The molecule has 0 fully saturated rings. The molecule has 0 spiro atoms. The van der Waals surface area contributed by atoms with E-state index in [4.69, 9.17) is 19.4 Å². The molecule has 5 heteroatoms. The van der Waals surface area contributed by atoms with E-state index < -0.39 is 0 Å². The lowest BCUT2D eigenvalue weighted by Gasteiger charge is -2.22. The average molecular weight is 599 g/mol. The number of oxazole rings is 1. The first-order valence-corrected chi connectivity index (χ1v) is 15.8. The van der Waals surface area contributed by atoms with Crippen LogP contribution in [-0.4, -0.2) is 19.9 Å². The molecule has 0 bridgehead atoms. The second-order valence-corrected chi connectivity index (χ2v) is 13.5. The van der Waals surface area contributed by atoms with Crippen molar-refractivity contribution >= 4 is 11.1 Å². The molecule has 2 heterocycles. The molecule has 0 atom stereocenters. The topological polar surface area (TPSA) is 64.7 Å². The number of hydrogen-bond donors (Lipinski definition) is 0. The minimum atomic E-state index is 0.106. The zero-order valence-corrected chi connectivity index (χ0v) is 26.5. The van der Waals surface area contributed by atoms with Gasteiger partial charge in [0.2, 0.25) is 5.89 Å².